The first-order chi connectivity index (χ1) is 6.57. The first-order valence-electron chi connectivity index (χ1n) is 4.84. The fraction of sp³-hybridized carbons (Fsp3) is 0.600. The second-order valence-electron chi connectivity index (χ2n) is 3.93. The number of hydrogen-bond donors (Lipinski definition) is 1. The van der Waals surface area contributed by atoms with E-state index in [1.807, 2.05) is 6.92 Å². The molecule has 2 aliphatic rings. The van der Waals surface area contributed by atoms with E-state index in [0.717, 1.165) is 18.4 Å². The van der Waals surface area contributed by atoms with E-state index in [2.05, 4.69) is 0 Å². The number of carbonyl (C=O) groups is 2. The van der Waals surface area contributed by atoms with Gasteiger partial charge in [-0.15, -0.1) is 0 Å². The molecule has 0 aromatic carbocycles. The molecule has 1 amide bonds. The molecule has 1 saturated heterocycles. The van der Waals surface area contributed by atoms with Gasteiger partial charge in [0, 0.05) is 0 Å². The van der Waals surface area contributed by atoms with Gasteiger partial charge in [0.1, 0.15) is 5.70 Å². The zero-order valence-electron chi connectivity index (χ0n) is 8.28. The van der Waals surface area contributed by atoms with Gasteiger partial charge in [0.15, 0.2) is 0 Å². The third-order valence-corrected chi connectivity index (χ3v) is 3.15. The Morgan fingerprint density at radius 1 is 1.64 bits per heavy atom. The highest BCUT2D eigenvalue weighted by atomic mass is 16.4. The maximum absolute atomic E-state index is 11.6. The summed E-state index contributed by atoms with van der Waals surface area (Å²) in [4.78, 5) is 23.9. The number of carbonyl (C=O) groups excluding carboxylic acids is 1. The fourth-order valence-corrected chi connectivity index (χ4v) is 2.46. The number of carboxylic acids is 1. The zero-order valence-corrected chi connectivity index (χ0v) is 8.28. The molecule has 2 rings (SSSR count). The summed E-state index contributed by atoms with van der Waals surface area (Å²) in [6, 6.07) is 0.124. The minimum atomic E-state index is -0.979. The van der Waals surface area contributed by atoms with Gasteiger partial charge in [0.2, 0.25) is 5.91 Å². The zero-order chi connectivity index (χ0) is 10.5. The molecule has 0 aromatic rings. The summed E-state index contributed by atoms with van der Waals surface area (Å²) >= 11 is 0. The monoisotopic (exact) mass is 195 g/mol. The molecular formula is C10H13NO3. The molecule has 2 atom stereocenters. The number of β-lactam (4-membered cyclic amide) rings is 1. The summed E-state index contributed by atoms with van der Waals surface area (Å²) < 4.78 is 0. The first-order valence-corrected chi connectivity index (χ1v) is 4.84. The van der Waals surface area contributed by atoms with Gasteiger partial charge in [-0.2, -0.15) is 0 Å². The van der Waals surface area contributed by atoms with E-state index in [-0.39, 0.29) is 23.6 Å². The molecule has 4 heteroatoms. The molecule has 2 aliphatic heterocycles. The SMILES string of the molecule is CCC1C(=O)N2C(C(=O)O)=C(C)CC12. The Kier molecular flexibility index (Phi) is 1.87. The molecule has 0 aliphatic carbocycles. The van der Waals surface area contributed by atoms with Crippen LogP contribution >= 0.6 is 0 Å². The molecule has 14 heavy (non-hydrogen) atoms. The van der Waals surface area contributed by atoms with Crippen LogP contribution in [0.1, 0.15) is 26.7 Å². The molecule has 0 spiro atoms. The molecule has 0 aromatic heterocycles. The molecule has 0 bridgehead atoms. The van der Waals surface area contributed by atoms with Gasteiger partial charge in [0.25, 0.3) is 0 Å². The summed E-state index contributed by atoms with van der Waals surface area (Å²) in [5, 5.41) is 8.93. The predicted octanol–water partition coefficient (Wildman–Crippen LogP) is 0.986. The maximum Gasteiger partial charge on any atom is 0.352 e. The fourth-order valence-electron chi connectivity index (χ4n) is 2.46. The van der Waals surface area contributed by atoms with Crippen LogP contribution in [-0.2, 0) is 9.59 Å². The molecule has 2 heterocycles. The van der Waals surface area contributed by atoms with Crippen molar-refractivity contribution in [2.75, 3.05) is 0 Å². The Balaban J connectivity index is 2.27. The highest BCUT2D eigenvalue weighted by molar-refractivity contribution is 5.99. The average Bonchev–Trinajstić information content (AvgIpc) is 2.40. The predicted molar refractivity (Wildman–Crippen MR) is 49.4 cm³/mol. The minimum Gasteiger partial charge on any atom is -0.477 e. The van der Waals surface area contributed by atoms with E-state index >= 15 is 0 Å². The van der Waals surface area contributed by atoms with Crippen molar-refractivity contribution < 1.29 is 14.7 Å². The van der Waals surface area contributed by atoms with Gasteiger partial charge < -0.3 is 10.0 Å². The maximum atomic E-state index is 11.6. The van der Waals surface area contributed by atoms with E-state index in [1.54, 1.807) is 6.92 Å². The molecule has 4 nitrogen and oxygen atoms in total. The van der Waals surface area contributed by atoms with E-state index in [0.29, 0.717) is 0 Å². The number of hydrogen-bond acceptors (Lipinski definition) is 2. The molecule has 1 N–H and O–H groups in total. The summed E-state index contributed by atoms with van der Waals surface area (Å²) in [5.74, 6) is -0.957. The van der Waals surface area contributed by atoms with Crippen LogP contribution in [0.4, 0.5) is 0 Å². The quantitative estimate of drug-likeness (QED) is 0.668. The number of amides is 1. The Morgan fingerprint density at radius 2 is 2.29 bits per heavy atom. The van der Waals surface area contributed by atoms with Crippen LogP contribution in [0.15, 0.2) is 11.3 Å². The van der Waals surface area contributed by atoms with Crippen molar-refractivity contribution in [2.45, 2.75) is 32.7 Å². The van der Waals surface area contributed by atoms with Gasteiger partial charge in [-0.25, -0.2) is 4.79 Å². The van der Waals surface area contributed by atoms with Gasteiger partial charge in [-0.3, -0.25) is 4.79 Å². The van der Waals surface area contributed by atoms with Crippen molar-refractivity contribution in [3.05, 3.63) is 11.3 Å². The number of nitrogens with zero attached hydrogens (tertiary/aromatic N) is 1. The van der Waals surface area contributed by atoms with Crippen LogP contribution in [0.25, 0.3) is 0 Å². The van der Waals surface area contributed by atoms with E-state index in [9.17, 15) is 9.59 Å². The standard InChI is InChI=1S/C10H13NO3/c1-3-6-7-4-5(2)8(10(13)14)11(7)9(6)12/h6-7H,3-4H2,1-2H3,(H,13,14). The average molecular weight is 195 g/mol. The number of fused-ring (bicyclic) bond motifs is 1. The molecule has 2 unspecified atom stereocenters. The van der Waals surface area contributed by atoms with Crippen LogP contribution in [0.3, 0.4) is 0 Å². The number of rotatable bonds is 2. The lowest BCUT2D eigenvalue weighted by Gasteiger charge is -2.43. The van der Waals surface area contributed by atoms with Crippen molar-refractivity contribution in [3.63, 3.8) is 0 Å². The van der Waals surface area contributed by atoms with Crippen LogP contribution in [-0.4, -0.2) is 27.9 Å². The van der Waals surface area contributed by atoms with Gasteiger partial charge >= 0.3 is 5.97 Å². The van der Waals surface area contributed by atoms with Crippen molar-refractivity contribution >= 4 is 11.9 Å². The molecule has 76 valence electrons. The molecule has 0 radical (unpaired) electrons. The van der Waals surface area contributed by atoms with Gasteiger partial charge in [-0.05, 0) is 25.3 Å². The third-order valence-electron chi connectivity index (χ3n) is 3.15. The van der Waals surface area contributed by atoms with Crippen molar-refractivity contribution in [1.29, 1.82) is 0 Å². The van der Waals surface area contributed by atoms with E-state index in [4.69, 9.17) is 5.11 Å². The lowest BCUT2D eigenvalue weighted by atomic mass is 9.85. The highest BCUT2D eigenvalue weighted by Crippen LogP contribution is 2.43. The Morgan fingerprint density at radius 3 is 2.79 bits per heavy atom. The molecule has 1 fully saturated rings. The highest BCUT2D eigenvalue weighted by Gasteiger charge is 2.53. The lowest BCUT2D eigenvalue weighted by Crippen LogP contribution is -2.58. The second-order valence-corrected chi connectivity index (χ2v) is 3.93. The third kappa shape index (κ3) is 0.937. The molecular weight excluding hydrogens is 182 g/mol. The normalized spacial score (nSPS) is 30.4. The van der Waals surface area contributed by atoms with Crippen molar-refractivity contribution in [3.8, 4) is 0 Å². The van der Waals surface area contributed by atoms with Crippen LogP contribution in [0.5, 0.6) is 0 Å². The smallest absolute Gasteiger partial charge is 0.352 e. The first kappa shape index (κ1) is 9.24. The second kappa shape index (κ2) is 2.83. The Bertz CT molecular complexity index is 345. The summed E-state index contributed by atoms with van der Waals surface area (Å²) in [6.45, 7) is 3.76. The van der Waals surface area contributed by atoms with Crippen LogP contribution < -0.4 is 0 Å². The Hall–Kier alpha value is -1.32. The van der Waals surface area contributed by atoms with Crippen LogP contribution in [0.2, 0.25) is 0 Å². The van der Waals surface area contributed by atoms with Gasteiger partial charge in [0.05, 0.1) is 12.0 Å². The summed E-state index contributed by atoms with van der Waals surface area (Å²) in [6.07, 6.45) is 1.53. The lowest BCUT2D eigenvalue weighted by molar-refractivity contribution is -0.155. The largest absolute Gasteiger partial charge is 0.477 e. The van der Waals surface area contributed by atoms with Crippen molar-refractivity contribution in [2.24, 2.45) is 5.92 Å². The number of carboxylic acid groups (broad SMARTS) is 1. The summed E-state index contributed by atoms with van der Waals surface area (Å²) in [7, 11) is 0. The van der Waals surface area contributed by atoms with Gasteiger partial charge in [-0.1, -0.05) is 6.92 Å². The van der Waals surface area contributed by atoms with E-state index < -0.39 is 5.97 Å². The summed E-state index contributed by atoms with van der Waals surface area (Å²) in [5.41, 5.74) is 1.04. The minimum absolute atomic E-state index is 0.0215. The number of aliphatic carboxylic acids is 1. The van der Waals surface area contributed by atoms with Crippen LogP contribution in [0, 0.1) is 5.92 Å². The van der Waals surface area contributed by atoms with E-state index in [1.165, 1.54) is 4.90 Å². The topological polar surface area (TPSA) is 57.6 Å². The van der Waals surface area contributed by atoms with Crippen molar-refractivity contribution in [1.82, 2.24) is 4.90 Å². The molecule has 0 saturated carbocycles. The Labute approximate surface area is 82.2 Å².